The Morgan fingerprint density at radius 3 is 2.23 bits per heavy atom. The summed E-state index contributed by atoms with van der Waals surface area (Å²) < 4.78 is 6.38. The number of likely N-dealkylation sites (tertiary alicyclic amines) is 1. The van der Waals surface area contributed by atoms with Crippen LogP contribution < -0.4 is 0 Å². The molecule has 1 aliphatic heterocycles. The lowest BCUT2D eigenvalue weighted by molar-refractivity contribution is -0.145. The van der Waals surface area contributed by atoms with Crippen molar-refractivity contribution in [3.05, 3.63) is 0 Å². The Hall–Kier alpha value is -0.240. The predicted molar refractivity (Wildman–Crippen MR) is 117 cm³/mol. The van der Waals surface area contributed by atoms with Crippen molar-refractivity contribution in [3.63, 3.8) is 0 Å². The molecule has 6 nitrogen and oxygen atoms in total. The molecule has 3 rings (SSSR count). The van der Waals surface area contributed by atoms with Crippen molar-refractivity contribution in [3.8, 4) is 0 Å². The van der Waals surface area contributed by atoms with E-state index in [0.29, 0.717) is 12.6 Å². The van der Waals surface area contributed by atoms with Crippen LogP contribution in [0.3, 0.4) is 0 Å². The largest absolute Gasteiger partial charge is 0.395 e. The van der Waals surface area contributed by atoms with Gasteiger partial charge in [-0.3, -0.25) is 4.90 Å². The van der Waals surface area contributed by atoms with Gasteiger partial charge in [-0.25, -0.2) is 0 Å². The number of aliphatic hydroxyl groups is 4. The number of aliphatic hydroxyl groups excluding tert-OH is 4. The van der Waals surface area contributed by atoms with Crippen molar-refractivity contribution >= 4 is 0 Å². The van der Waals surface area contributed by atoms with Gasteiger partial charge in [0.1, 0.15) is 12.2 Å². The smallest absolute Gasteiger partial charge is 0.109 e. The van der Waals surface area contributed by atoms with Crippen LogP contribution in [0, 0.1) is 11.8 Å². The molecular formula is C24H45NO5. The molecule has 3 aliphatic rings. The van der Waals surface area contributed by atoms with Gasteiger partial charge < -0.3 is 25.2 Å². The molecule has 6 atom stereocenters. The zero-order valence-corrected chi connectivity index (χ0v) is 18.7. The van der Waals surface area contributed by atoms with E-state index in [1.54, 1.807) is 0 Å². The maximum absolute atomic E-state index is 10.1. The summed E-state index contributed by atoms with van der Waals surface area (Å²) in [6.07, 6.45) is 13.9. The monoisotopic (exact) mass is 427 g/mol. The number of hydrogen-bond acceptors (Lipinski definition) is 6. The number of rotatable bonds is 10. The summed E-state index contributed by atoms with van der Waals surface area (Å²) in [5.74, 6) is 1.69. The fourth-order valence-electron chi connectivity index (χ4n) is 6.07. The lowest BCUT2D eigenvalue weighted by atomic mass is 9.72. The van der Waals surface area contributed by atoms with Gasteiger partial charge in [-0.15, -0.1) is 0 Å². The van der Waals surface area contributed by atoms with Crippen LogP contribution in [0.25, 0.3) is 0 Å². The fraction of sp³-hybridized carbons (Fsp3) is 1.00. The third kappa shape index (κ3) is 6.63. The average molecular weight is 428 g/mol. The van der Waals surface area contributed by atoms with E-state index in [0.717, 1.165) is 50.7 Å². The molecule has 0 amide bonds. The molecule has 4 N–H and O–H groups in total. The molecule has 30 heavy (non-hydrogen) atoms. The standard InChI is InChI=1S/C24H45NO5/c26-17-20-23(28)24(29)21(27)16-25(20)14-8-1-2-9-15-30-22-13-7-6-12-19(22)18-10-4-3-5-11-18/h18-24,26-29H,1-17H2/t19?,20-,21+,22?,23-,24-/m1/s1. The minimum absolute atomic E-state index is 0.206. The van der Waals surface area contributed by atoms with Crippen molar-refractivity contribution in [1.82, 2.24) is 4.90 Å². The molecular weight excluding hydrogens is 382 g/mol. The van der Waals surface area contributed by atoms with E-state index in [9.17, 15) is 20.4 Å². The SMILES string of the molecule is OC[C@@H]1[C@@H](O)[C@H](O)[C@@H](O)CN1CCCCCCOC1CCCCC1C1CCCCC1. The lowest BCUT2D eigenvalue weighted by Crippen LogP contribution is -2.62. The molecule has 0 aromatic rings. The van der Waals surface area contributed by atoms with Crippen LogP contribution in [-0.2, 0) is 4.74 Å². The maximum Gasteiger partial charge on any atom is 0.109 e. The predicted octanol–water partition coefficient (Wildman–Crippen LogP) is 2.46. The average Bonchev–Trinajstić information content (AvgIpc) is 2.78. The van der Waals surface area contributed by atoms with Gasteiger partial charge in [-0.2, -0.15) is 0 Å². The Morgan fingerprint density at radius 1 is 0.767 bits per heavy atom. The summed E-state index contributed by atoms with van der Waals surface area (Å²) in [5.41, 5.74) is 0. The second-order valence-corrected chi connectivity index (χ2v) is 9.96. The molecule has 1 heterocycles. The normalized spacial score (nSPS) is 36.8. The van der Waals surface area contributed by atoms with Gasteiger partial charge in [0.15, 0.2) is 0 Å². The van der Waals surface area contributed by atoms with Gasteiger partial charge in [0, 0.05) is 13.2 Å². The lowest BCUT2D eigenvalue weighted by Gasteiger charge is -2.43. The van der Waals surface area contributed by atoms with Crippen LogP contribution in [0.4, 0.5) is 0 Å². The highest BCUT2D eigenvalue weighted by Crippen LogP contribution is 2.39. The Morgan fingerprint density at radius 2 is 1.47 bits per heavy atom. The van der Waals surface area contributed by atoms with Gasteiger partial charge in [0.2, 0.25) is 0 Å². The van der Waals surface area contributed by atoms with E-state index in [-0.39, 0.29) is 6.61 Å². The molecule has 0 radical (unpaired) electrons. The maximum atomic E-state index is 10.1. The van der Waals surface area contributed by atoms with Crippen LogP contribution in [0.5, 0.6) is 0 Å². The fourth-order valence-corrected chi connectivity index (χ4v) is 6.07. The molecule has 0 bridgehead atoms. The zero-order valence-electron chi connectivity index (χ0n) is 18.7. The van der Waals surface area contributed by atoms with Gasteiger partial charge in [0.05, 0.1) is 24.9 Å². The molecule has 176 valence electrons. The summed E-state index contributed by atoms with van der Waals surface area (Å²) in [4.78, 5) is 1.91. The van der Waals surface area contributed by atoms with E-state index in [2.05, 4.69) is 0 Å². The summed E-state index contributed by atoms with van der Waals surface area (Å²) >= 11 is 0. The van der Waals surface area contributed by atoms with Gasteiger partial charge in [-0.1, -0.05) is 57.8 Å². The molecule has 1 saturated heterocycles. The van der Waals surface area contributed by atoms with E-state index in [1.807, 2.05) is 4.90 Å². The quantitative estimate of drug-likeness (QED) is 0.400. The van der Waals surface area contributed by atoms with Crippen LogP contribution in [-0.4, -0.2) is 82.1 Å². The summed E-state index contributed by atoms with van der Waals surface area (Å²) in [7, 11) is 0. The van der Waals surface area contributed by atoms with Gasteiger partial charge in [-0.05, 0) is 44.1 Å². The zero-order chi connectivity index (χ0) is 21.3. The minimum atomic E-state index is -1.17. The minimum Gasteiger partial charge on any atom is -0.395 e. The van der Waals surface area contributed by atoms with Gasteiger partial charge in [0.25, 0.3) is 0 Å². The molecule has 0 aromatic heterocycles. The molecule has 2 saturated carbocycles. The molecule has 2 unspecified atom stereocenters. The molecule has 3 fully saturated rings. The Kier molecular flexibility index (Phi) is 10.3. The number of β-amino-alcohol motifs (C(OH)–C–C–N with tert-alkyl or cyclic N) is 1. The Bertz CT molecular complexity index is 473. The first kappa shape index (κ1) is 24.4. The topological polar surface area (TPSA) is 93.4 Å². The summed E-state index contributed by atoms with van der Waals surface area (Å²) in [6.45, 7) is 1.68. The van der Waals surface area contributed by atoms with Crippen molar-refractivity contribution < 1.29 is 25.2 Å². The van der Waals surface area contributed by atoms with E-state index >= 15 is 0 Å². The van der Waals surface area contributed by atoms with Crippen molar-refractivity contribution in [2.75, 3.05) is 26.3 Å². The highest BCUT2D eigenvalue weighted by atomic mass is 16.5. The van der Waals surface area contributed by atoms with Crippen LogP contribution in [0.1, 0.15) is 83.5 Å². The molecule has 0 aromatic carbocycles. The first-order chi connectivity index (χ1) is 14.6. The highest BCUT2D eigenvalue weighted by Gasteiger charge is 2.40. The third-order valence-corrected chi connectivity index (χ3v) is 7.90. The number of nitrogens with zero attached hydrogens (tertiary/aromatic N) is 1. The number of piperidine rings is 1. The first-order valence-electron chi connectivity index (χ1n) is 12.6. The molecule has 0 spiro atoms. The van der Waals surface area contributed by atoms with E-state index in [1.165, 1.54) is 57.8 Å². The third-order valence-electron chi connectivity index (χ3n) is 7.90. The van der Waals surface area contributed by atoms with Crippen molar-refractivity contribution in [2.24, 2.45) is 11.8 Å². The number of unbranched alkanes of at least 4 members (excludes halogenated alkanes) is 3. The molecule has 2 aliphatic carbocycles. The van der Waals surface area contributed by atoms with Crippen molar-refractivity contribution in [1.29, 1.82) is 0 Å². The van der Waals surface area contributed by atoms with E-state index < -0.39 is 24.4 Å². The Balaban J connectivity index is 1.29. The van der Waals surface area contributed by atoms with Gasteiger partial charge >= 0.3 is 0 Å². The summed E-state index contributed by atoms with van der Waals surface area (Å²) in [6, 6.07) is -0.491. The highest BCUT2D eigenvalue weighted by molar-refractivity contribution is 4.94. The van der Waals surface area contributed by atoms with E-state index in [4.69, 9.17) is 4.74 Å². The molecule has 6 heteroatoms. The van der Waals surface area contributed by atoms with Crippen molar-refractivity contribution in [2.45, 2.75) is 114 Å². The van der Waals surface area contributed by atoms with Crippen LogP contribution in [0.15, 0.2) is 0 Å². The summed E-state index contributed by atoms with van der Waals surface area (Å²) in [5, 5.41) is 39.3. The Labute approximate surface area is 182 Å². The van der Waals surface area contributed by atoms with Crippen LogP contribution in [0.2, 0.25) is 0 Å². The first-order valence-corrected chi connectivity index (χ1v) is 12.6. The number of ether oxygens (including phenoxy) is 1. The number of hydrogen-bond donors (Lipinski definition) is 4. The van der Waals surface area contributed by atoms with Crippen LogP contribution >= 0.6 is 0 Å². The second-order valence-electron chi connectivity index (χ2n) is 9.96. The second kappa shape index (κ2) is 12.7.